The second-order valence-electron chi connectivity index (χ2n) is 13.3. The molecule has 0 spiro atoms. The smallest absolute Gasteiger partial charge is 0.261 e. The van der Waals surface area contributed by atoms with E-state index in [-0.39, 0.29) is 12.8 Å². The van der Waals surface area contributed by atoms with E-state index in [1.54, 1.807) is 12.1 Å². The normalized spacial score (nSPS) is 17.8. The number of piperidine rings is 1. The predicted molar refractivity (Wildman–Crippen MR) is 207 cm³/mol. The first-order valence-corrected chi connectivity index (χ1v) is 19.2. The lowest BCUT2D eigenvalue weighted by Crippen LogP contribution is -2.50. The van der Waals surface area contributed by atoms with Gasteiger partial charge in [0, 0.05) is 102 Å². The number of likely N-dealkylation sites (tertiary alicyclic amines) is 1. The Bertz CT molecular complexity index is 1380. The van der Waals surface area contributed by atoms with Gasteiger partial charge in [-0.05, 0) is 81.9 Å². The van der Waals surface area contributed by atoms with E-state index in [2.05, 4.69) is 40.2 Å². The van der Waals surface area contributed by atoms with Crippen LogP contribution in [0.25, 0.3) is 0 Å². The first-order chi connectivity index (χ1) is 25.2. The number of amides is 3. The molecular formula is C38H60ClN9O4. The minimum atomic E-state index is -1.03. The highest BCUT2D eigenvalue weighted by molar-refractivity contribution is 6.29. The molecule has 52 heavy (non-hydrogen) atoms. The Morgan fingerprint density at radius 3 is 2.13 bits per heavy atom. The van der Waals surface area contributed by atoms with Gasteiger partial charge in [0.1, 0.15) is 23.8 Å². The Labute approximate surface area is 315 Å². The third kappa shape index (κ3) is 13.5. The molecule has 0 bridgehead atoms. The van der Waals surface area contributed by atoms with Crippen LogP contribution in [0.15, 0.2) is 30.6 Å². The molecule has 1 atom stereocenters. The van der Waals surface area contributed by atoms with Crippen LogP contribution in [0.1, 0.15) is 61.1 Å². The molecule has 1 unspecified atom stereocenters. The number of imide groups is 1. The second kappa shape index (κ2) is 23.2. The van der Waals surface area contributed by atoms with Crippen molar-refractivity contribution >= 4 is 41.8 Å². The highest BCUT2D eigenvalue weighted by atomic mass is 35.5. The van der Waals surface area contributed by atoms with Gasteiger partial charge in [-0.25, -0.2) is 9.97 Å². The second-order valence-corrected chi connectivity index (χ2v) is 13.7. The lowest BCUT2D eigenvalue weighted by molar-refractivity contribution is -0.131. The largest absolute Gasteiger partial charge is 0.369 e. The van der Waals surface area contributed by atoms with Crippen molar-refractivity contribution in [2.24, 2.45) is 5.92 Å². The summed E-state index contributed by atoms with van der Waals surface area (Å²) in [4.78, 5) is 67.0. The number of hydrogen-bond acceptors (Lipinski definition) is 11. The topological polar surface area (TPSA) is 134 Å². The van der Waals surface area contributed by atoms with E-state index >= 15 is 0 Å². The summed E-state index contributed by atoms with van der Waals surface area (Å²) in [6.45, 7) is 22.2. The molecule has 1 aromatic carbocycles. The molecule has 2 N–H and O–H groups in total. The van der Waals surface area contributed by atoms with Gasteiger partial charge in [0.2, 0.25) is 12.3 Å². The molecule has 13 nitrogen and oxygen atoms in total. The SMILES string of the molecule is CC.CNC(=O)C(CCC=O)N(C=O)C(=O)c1ccc(N2CCN(CC3CCN(CCN4CCNCC4)CC3)CC2)cc1C.Cc1cc(Cl)ncn1. The number of hydrogen-bond donors (Lipinski definition) is 2. The van der Waals surface area contributed by atoms with E-state index in [4.69, 9.17) is 11.6 Å². The molecule has 14 heteroatoms. The van der Waals surface area contributed by atoms with Gasteiger partial charge in [0.15, 0.2) is 0 Å². The predicted octanol–water partition coefficient (Wildman–Crippen LogP) is 2.89. The molecule has 4 heterocycles. The highest BCUT2D eigenvalue weighted by Crippen LogP contribution is 2.24. The third-order valence-corrected chi connectivity index (χ3v) is 10.1. The Hall–Kier alpha value is -3.49. The number of rotatable bonds is 13. The molecule has 0 saturated carbocycles. The molecular weight excluding hydrogens is 682 g/mol. The number of aromatic nitrogens is 2. The number of nitrogens with one attached hydrogen (secondary N) is 2. The van der Waals surface area contributed by atoms with Crippen molar-refractivity contribution in [3.05, 3.63) is 52.6 Å². The summed E-state index contributed by atoms with van der Waals surface area (Å²) in [5, 5.41) is 6.41. The van der Waals surface area contributed by atoms with Crippen molar-refractivity contribution in [2.75, 3.05) is 97.0 Å². The van der Waals surface area contributed by atoms with Crippen molar-refractivity contribution in [1.82, 2.24) is 40.2 Å². The molecule has 3 aliphatic rings. The van der Waals surface area contributed by atoms with E-state index in [9.17, 15) is 19.2 Å². The summed E-state index contributed by atoms with van der Waals surface area (Å²) in [6.07, 6.45) is 5.24. The number of likely N-dealkylation sites (N-methyl/N-ethyl adjacent to an activating group) is 1. The molecule has 3 saturated heterocycles. The number of benzene rings is 1. The van der Waals surface area contributed by atoms with Gasteiger partial charge in [-0.2, -0.15) is 0 Å². The van der Waals surface area contributed by atoms with Gasteiger partial charge in [-0.1, -0.05) is 25.4 Å². The fourth-order valence-electron chi connectivity index (χ4n) is 6.86. The zero-order valence-electron chi connectivity index (χ0n) is 31.9. The van der Waals surface area contributed by atoms with Crippen molar-refractivity contribution in [3.63, 3.8) is 0 Å². The third-order valence-electron chi connectivity index (χ3n) is 9.90. The van der Waals surface area contributed by atoms with Gasteiger partial charge in [-0.3, -0.25) is 29.1 Å². The van der Waals surface area contributed by atoms with E-state index in [0.717, 1.165) is 67.0 Å². The van der Waals surface area contributed by atoms with Crippen LogP contribution >= 0.6 is 11.6 Å². The molecule has 0 aliphatic carbocycles. The summed E-state index contributed by atoms with van der Waals surface area (Å²) < 4.78 is 0. The monoisotopic (exact) mass is 741 g/mol. The molecule has 2 aromatic rings. The van der Waals surface area contributed by atoms with Crippen LogP contribution in [0.2, 0.25) is 5.15 Å². The van der Waals surface area contributed by atoms with Crippen molar-refractivity contribution in [1.29, 1.82) is 0 Å². The Balaban J connectivity index is 0.000000635. The van der Waals surface area contributed by atoms with Crippen molar-refractivity contribution in [2.45, 2.75) is 59.4 Å². The minimum Gasteiger partial charge on any atom is -0.369 e. The van der Waals surface area contributed by atoms with Crippen LogP contribution in [-0.4, -0.2) is 152 Å². The first kappa shape index (κ1) is 42.9. The Morgan fingerprint density at radius 1 is 0.942 bits per heavy atom. The minimum absolute atomic E-state index is 0.0793. The average molecular weight is 742 g/mol. The zero-order chi connectivity index (χ0) is 37.9. The fourth-order valence-corrected chi connectivity index (χ4v) is 7.06. The van der Waals surface area contributed by atoms with Gasteiger partial charge in [0.05, 0.1) is 0 Å². The molecule has 3 amide bonds. The van der Waals surface area contributed by atoms with Gasteiger partial charge < -0.3 is 25.2 Å². The van der Waals surface area contributed by atoms with E-state index < -0.39 is 17.9 Å². The Kier molecular flexibility index (Phi) is 19.2. The molecule has 1 aromatic heterocycles. The summed E-state index contributed by atoms with van der Waals surface area (Å²) >= 11 is 5.49. The number of anilines is 1. The van der Waals surface area contributed by atoms with Crippen LogP contribution in [0.4, 0.5) is 5.69 Å². The molecule has 5 rings (SSSR count). The van der Waals surface area contributed by atoms with Crippen LogP contribution < -0.4 is 15.5 Å². The zero-order valence-corrected chi connectivity index (χ0v) is 32.6. The molecule has 3 fully saturated rings. The number of carbonyl (C=O) groups excluding carboxylic acids is 4. The van der Waals surface area contributed by atoms with E-state index in [0.29, 0.717) is 23.4 Å². The number of aryl methyl sites for hydroxylation is 2. The van der Waals surface area contributed by atoms with Crippen LogP contribution in [0.3, 0.4) is 0 Å². The first-order valence-electron chi connectivity index (χ1n) is 18.8. The Morgan fingerprint density at radius 2 is 1.60 bits per heavy atom. The lowest BCUT2D eigenvalue weighted by atomic mass is 9.96. The van der Waals surface area contributed by atoms with Gasteiger partial charge in [0.25, 0.3) is 5.91 Å². The molecule has 3 aliphatic heterocycles. The number of nitrogens with zero attached hydrogens (tertiary/aromatic N) is 7. The quantitative estimate of drug-likeness (QED) is 0.232. The van der Waals surface area contributed by atoms with Gasteiger partial charge >= 0.3 is 0 Å². The van der Waals surface area contributed by atoms with Crippen LogP contribution in [0, 0.1) is 19.8 Å². The van der Waals surface area contributed by atoms with E-state index in [1.807, 2.05) is 39.8 Å². The number of halogens is 1. The molecule has 0 radical (unpaired) electrons. The summed E-state index contributed by atoms with van der Waals surface area (Å²) in [5.41, 5.74) is 3.08. The van der Waals surface area contributed by atoms with Crippen molar-refractivity contribution in [3.8, 4) is 0 Å². The number of carbonyl (C=O) groups is 4. The van der Waals surface area contributed by atoms with Gasteiger partial charge in [-0.15, -0.1) is 0 Å². The maximum absolute atomic E-state index is 13.3. The van der Waals surface area contributed by atoms with Crippen molar-refractivity contribution < 1.29 is 19.2 Å². The molecule has 288 valence electrons. The maximum atomic E-state index is 13.3. The highest BCUT2D eigenvalue weighted by Gasteiger charge is 2.31. The number of aldehydes is 1. The fraction of sp³-hybridized carbons (Fsp3) is 0.632. The summed E-state index contributed by atoms with van der Waals surface area (Å²) in [6, 6.07) is 6.34. The summed E-state index contributed by atoms with van der Waals surface area (Å²) in [5.74, 6) is -0.237. The maximum Gasteiger partial charge on any atom is 0.261 e. The number of piperazine rings is 2. The van der Waals surface area contributed by atoms with Crippen LogP contribution in [-0.2, 0) is 14.4 Å². The average Bonchev–Trinajstić information content (AvgIpc) is 3.17. The lowest BCUT2D eigenvalue weighted by Gasteiger charge is -2.40. The van der Waals surface area contributed by atoms with Crippen LogP contribution in [0.5, 0.6) is 0 Å². The summed E-state index contributed by atoms with van der Waals surface area (Å²) in [7, 11) is 1.45. The van der Waals surface area contributed by atoms with E-state index in [1.165, 1.54) is 72.0 Å². The standard InChI is InChI=1S/C31H49N7O4.C5H5ClN2.C2H6/c1-25-22-27(5-6-28(25)31(42)38(24-40)29(4-3-21-39)30(41)32-2)37-19-17-36(18-20-37)23-26-7-11-34(12-8-26)15-16-35-13-9-33-10-14-35;1-4-2-5(6)8-3-7-4;1-2/h5-6,21-22,24,26,29,33H,3-4,7-20,23H2,1-2H3,(H,32,41);2-3H,1H3;1-2H3.